The normalized spacial score (nSPS) is 12.5. The Balaban J connectivity index is 1.64. The summed E-state index contributed by atoms with van der Waals surface area (Å²) in [4.78, 5) is 29.8. The third-order valence-corrected chi connectivity index (χ3v) is 6.08. The molecule has 7 nitrogen and oxygen atoms in total. The molecule has 0 saturated carbocycles. The lowest BCUT2D eigenvalue weighted by molar-refractivity contribution is 0.111. The quantitative estimate of drug-likeness (QED) is 0.346. The molecule has 3 rings (SSSR count). The van der Waals surface area contributed by atoms with Crippen LogP contribution in [0, 0.1) is 0 Å². The molecule has 0 fully saturated rings. The Kier molecular flexibility index (Phi) is 10.6. The molecule has 3 aromatic rings. The summed E-state index contributed by atoms with van der Waals surface area (Å²) in [6, 6.07) is 19.7. The third kappa shape index (κ3) is 10.2. The molecule has 0 aliphatic carbocycles. The van der Waals surface area contributed by atoms with Crippen LogP contribution in [-0.2, 0) is 28.9 Å². The van der Waals surface area contributed by atoms with Crippen molar-refractivity contribution in [2.75, 3.05) is 0 Å². The van der Waals surface area contributed by atoms with Gasteiger partial charge in [0.15, 0.2) is 0 Å². The van der Waals surface area contributed by atoms with Gasteiger partial charge in [-0.2, -0.15) is 0 Å². The first-order chi connectivity index (χ1) is 17.0. The van der Waals surface area contributed by atoms with E-state index >= 15 is 0 Å². The summed E-state index contributed by atoms with van der Waals surface area (Å²) < 4.78 is 10.7. The van der Waals surface area contributed by atoms with Crippen LogP contribution in [0.25, 0.3) is 0 Å². The van der Waals surface area contributed by atoms with Gasteiger partial charge >= 0.3 is 12.2 Å². The van der Waals surface area contributed by atoms with Crippen molar-refractivity contribution in [2.24, 2.45) is 0 Å². The van der Waals surface area contributed by atoms with Crippen LogP contribution < -0.4 is 10.6 Å². The van der Waals surface area contributed by atoms with Crippen molar-refractivity contribution in [1.29, 1.82) is 0 Å². The molecule has 0 aliphatic rings. The molecule has 8 heteroatoms. The molecule has 1 aromatic heterocycles. The second-order valence-corrected chi connectivity index (χ2v) is 9.61. The second-order valence-electron chi connectivity index (χ2n) is 8.64. The lowest BCUT2D eigenvalue weighted by Gasteiger charge is -2.24. The highest BCUT2D eigenvalue weighted by Gasteiger charge is 2.20. The number of carbonyl (C=O) groups is 2. The number of nitrogens with one attached hydrogen (secondary N) is 2. The number of hydrogen-bond acceptors (Lipinski definition) is 6. The molecule has 0 unspecified atom stereocenters. The zero-order valence-electron chi connectivity index (χ0n) is 20.2. The maximum absolute atomic E-state index is 12.5. The fourth-order valence-electron chi connectivity index (χ4n) is 3.72. The fraction of sp³-hybridized carbons (Fsp3) is 0.370. The zero-order valence-corrected chi connectivity index (χ0v) is 21.0. The van der Waals surface area contributed by atoms with Crippen molar-refractivity contribution < 1.29 is 19.1 Å². The summed E-state index contributed by atoms with van der Waals surface area (Å²) >= 11 is 1.44. The van der Waals surface area contributed by atoms with E-state index in [1.807, 2.05) is 74.5 Å². The van der Waals surface area contributed by atoms with E-state index in [1.165, 1.54) is 11.3 Å². The summed E-state index contributed by atoms with van der Waals surface area (Å²) in [6.07, 6.45) is 3.23. The molecule has 0 spiro atoms. The van der Waals surface area contributed by atoms with Crippen LogP contribution in [0.5, 0.6) is 0 Å². The Morgan fingerprint density at radius 1 is 0.857 bits per heavy atom. The molecule has 35 heavy (non-hydrogen) atoms. The van der Waals surface area contributed by atoms with Crippen LogP contribution in [0.2, 0.25) is 0 Å². The van der Waals surface area contributed by atoms with Crippen molar-refractivity contribution in [2.45, 2.75) is 64.3 Å². The van der Waals surface area contributed by atoms with Crippen molar-refractivity contribution in [3.05, 3.63) is 88.4 Å². The molecule has 2 N–H and O–H groups in total. The molecule has 2 amide bonds. The average Bonchev–Trinajstić information content (AvgIpc) is 3.36. The van der Waals surface area contributed by atoms with Gasteiger partial charge in [0.1, 0.15) is 6.61 Å². The number of aromatic nitrogens is 1. The van der Waals surface area contributed by atoms with Gasteiger partial charge in [0.25, 0.3) is 0 Å². The minimum Gasteiger partial charge on any atom is -0.447 e. The minimum atomic E-state index is -0.467. The van der Waals surface area contributed by atoms with Gasteiger partial charge in [0.2, 0.25) is 0 Å². The van der Waals surface area contributed by atoms with E-state index in [-0.39, 0.29) is 24.8 Å². The van der Waals surface area contributed by atoms with Crippen LogP contribution in [0.3, 0.4) is 0 Å². The van der Waals surface area contributed by atoms with Gasteiger partial charge in [0, 0.05) is 18.3 Å². The molecule has 0 bridgehead atoms. The zero-order chi connectivity index (χ0) is 24.9. The molecule has 1 heterocycles. The molecular formula is C27H33N3O4S. The highest BCUT2D eigenvalue weighted by molar-refractivity contribution is 7.09. The van der Waals surface area contributed by atoms with E-state index in [4.69, 9.17) is 9.47 Å². The Morgan fingerprint density at radius 3 is 1.89 bits per heavy atom. The molecule has 186 valence electrons. The van der Waals surface area contributed by atoms with E-state index < -0.39 is 12.2 Å². The summed E-state index contributed by atoms with van der Waals surface area (Å²) in [7, 11) is 0. The van der Waals surface area contributed by atoms with Crippen LogP contribution in [-0.4, -0.2) is 35.4 Å². The topological polar surface area (TPSA) is 89.6 Å². The van der Waals surface area contributed by atoms with Crippen molar-refractivity contribution >= 4 is 23.5 Å². The number of alkyl carbamates (subject to hydrolysis) is 2. The SMILES string of the molecule is CC(C)OC(=O)N[C@@H](CC[C@@H](Cc1ccccc1)NC(=O)OCc1cncs1)Cc1ccccc1. The Morgan fingerprint density at radius 2 is 1.40 bits per heavy atom. The first-order valence-corrected chi connectivity index (χ1v) is 12.7. The molecule has 0 saturated heterocycles. The van der Waals surface area contributed by atoms with E-state index in [9.17, 15) is 9.59 Å². The minimum absolute atomic E-state index is 0.142. The number of ether oxygens (including phenoxy) is 2. The molecule has 2 atom stereocenters. The summed E-state index contributed by atoms with van der Waals surface area (Å²) in [6.45, 7) is 3.83. The summed E-state index contributed by atoms with van der Waals surface area (Å²) in [5, 5.41) is 6.01. The summed E-state index contributed by atoms with van der Waals surface area (Å²) in [5.41, 5.74) is 3.95. The monoisotopic (exact) mass is 495 g/mol. The third-order valence-electron chi connectivity index (χ3n) is 5.33. The van der Waals surface area contributed by atoms with Crippen LogP contribution in [0.1, 0.15) is 42.7 Å². The van der Waals surface area contributed by atoms with Crippen molar-refractivity contribution in [3.63, 3.8) is 0 Å². The fourth-order valence-corrected chi connectivity index (χ4v) is 4.23. The van der Waals surface area contributed by atoms with E-state index in [0.29, 0.717) is 25.7 Å². The van der Waals surface area contributed by atoms with Gasteiger partial charge in [-0.1, -0.05) is 60.7 Å². The van der Waals surface area contributed by atoms with Crippen molar-refractivity contribution in [1.82, 2.24) is 15.6 Å². The van der Waals surface area contributed by atoms with Gasteiger partial charge in [0.05, 0.1) is 16.5 Å². The maximum Gasteiger partial charge on any atom is 0.407 e. The maximum atomic E-state index is 12.5. The van der Waals surface area contributed by atoms with Crippen LogP contribution >= 0.6 is 11.3 Å². The van der Waals surface area contributed by atoms with Gasteiger partial charge in [-0.3, -0.25) is 4.98 Å². The number of amides is 2. The molecule has 0 radical (unpaired) electrons. The lowest BCUT2D eigenvalue weighted by Crippen LogP contribution is -2.41. The summed E-state index contributed by atoms with van der Waals surface area (Å²) in [5.74, 6) is 0. The highest BCUT2D eigenvalue weighted by Crippen LogP contribution is 2.14. The first-order valence-electron chi connectivity index (χ1n) is 11.8. The van der Waals surface area contributed by atoms with Crippen LogP contribution in [0.4, 0.5) is 9.59 Å². The van der Waals surface area contributed by atoms with Gasteiger partial charge in [-0.05, 0) is 50.7 Å². The average molecular weight is 496 g/mol. The smallest absolute Gasteiger partial charge is 0.407 e. The first kappa shape index (κ1) is 26.2. The molecule has 2 aromatic carbocycles. The molecular weight excluding hydrogens is 462 g/mol. The highest BCUT2D eigenvalue weighted by atomic mass is 32.1. The second kappa shape index (κ2) is 14.1. The Labute approximate surface area is 210 Å². The van der Waals surface area contributed by atoms with Crippen LogP contribution in [0.15, 0.2) is 72.4 Å². The number of nitrogens with zero attached hydrogens (tertiary/aromatic N) is 1. The van der Waals surface area contributed by atoms with Gasteiger partial charge in [-0.15, -0.1) is 11.3 Å². The Hall–Kier alpha value is -3.39. The standard InChI is InChI=1S/C27H33N3O4S/c1-20(2)34-27(32)30-24(16-22-11-7-4-8-12-22)14-13-23(15-21-9-5-3-6-10-21)29-26(31)33-18-25-17-28-19-35-25/h3-12,17,19-20,23-24H,13-16,18H2,1-2H3,(H,29,31)(H,30,32)/t23-,24-/m0/s1. The Bertz CT molecular complexity index is 1010. The van der Waals surface area contributed by atoms with Gasteiger partial charge < -0.3 is 20.1 Å². The predicted octanol–water partition coefficient (Wildman–Crippen LogP) is 5.51. The number of rotatable bonds is 12. The number of thiazole rings is 1. The predicted molar refractivity (Wildman–Crippen MR) is 137 cm³/mol. The largest absolute Gasteiger partial charge is 0.447 e. The van der Waals surface area contributed by atoms with E-state index in [2.05, 4.69) is 15.6 Å². The molecule has 0 aliphatic heterocycles. The number of benzene rings is 2. The van der Waals surface area contributed by atoms with E-state index in [1.54, 1.807) is 11.7 Å². The number of hydrogen-bond donors (Lipinski definition) is 2. The van der Waals surface area contributed by atoms with Crippen molar-refractivity contribution in [3.8, 4) is 0 Å². The van der Waals surface area contributed by atoms with Gasteiger partial charge in [-0.25, -0.2) is 9.59 Å². The number of carbonyl (C=O) groups excluding carboxylic acids is 2. The lowest BCUT2D eigenvalue weighted by atomic mass is 9.96. The van der Waals surface area contributed by atoms with E-state index in [0.717, 1.165) is 16.0 Å².